The molecule has 0 bridgehead atoms. The molecule has 0 radical (unpaired) electrons. The molecule has 0 aromatic heterocycles. The van der Waals surface area contributed by atoms with Gasteiger partial charge in [0.25, 0.3) is 0 Å². The van der Waals surface area contributed by atoms with Crippen LogP contribution in [0.2, 0.25) is 19.6 Å². The highest BCUT2D eigenvalue weighted by Gasteiger charge is 2.34. The van der Waals surface area contributed by atoms with Crippen LogP contribution in [0.15, 0.2) is 41.6 Å². The van der Waals surface area contributed by atoms with Crippen LogP contribution in [0.4, 0.5) is 13.2 Å². The van der Waals surface area contributed by atoms with E-state index in [0.29, 0.717) is 12.8 Å². The summed E-state index contributed by atoms with van der Waals surface area (Å²) >= 11 is 0. The number of rotatable bonds is 5. The van der Waals surface area contributed by atoms with Gasteiger partial charge in [0.1, 0.15) is 0 Å². The summed E-state index contributed by atoms with van der Waals surface area (Å²) in [5.74, 6) is 0. The molecule has 0 amide bonds. The van der Waals surface area contributed by atoms with Crippen molar-refractivity contribution in [2.24, 2.45) is 0 Å². The maximum Gasteiger partial charge on any atom is 0.412 e. The van der Waals surface area contributed by atoms with E-state index in [1.54, 1.807) is 0 Å². The number of benzene rings is 1. The van der Waals surface area contributed by atoms with E-state index in [-0.39, 0.29) is 12.0 Å². The minimum atomic E-state index is -4.18. The Bertz CT molecular complexity index is 413. The van der Waals surface area contributed by atoms with Gasteiger partial charge in [-0.15, -0.1) is 0 Å². The molecule has 1 aromatic carbocycles. The van der Waals surface area contributed by atoms with E-state index in [1.165, 1.54) is 5.70 Å². The van der Waals surface area contributed by atoms with Crippen LogP contribution in [-0.4, -0.2) is 14.3 Å². The third-order valence-electron chi connectivity index (χ3n) is 2.73. The van der Waals surface area contributed by atoms with E-state index in [9.17, 15) is 13.2 Å². The van der Waals surface area contributed by atoms with Crippen molar-refractivity contribution in [2.75, 3.05) is 0 Å². The Hall–Kier alpha value is -1.03. The van der Waals surface area contributed by atoms with Crippen molar-refractivity contribution in [1.82, 2.24) is 0 Å². The van der Waals surface area contributed by atoms with Gasteiger partial charge in [-0.3, -0.25) is 0 Å². The van der Waals surface area contributed by atoms with E-state index < -0.39 is 14.3 Å². The second-order valence-corrected chi connectivity index (χ2v) is 10.9. The summed E-state index contributed by atoms with van der Waals surface area (Å²) in [6.45, 7) is 5.78. The molecule has 0 unspecified atom stereocenters. The monoisotopic (exact) mass is 286 g/mol. The van der Waals surface area contributed by atoms with Gasteiger partial charge in [-0.1, -0.05) is 55.7 Å². The van der Waals surface area contributed by atoms with E-state index >= 15 is 0 Å². The molecule has 0 spiro atoms. The summed E-state index contributed by atoms with van der Waals surface area (Å²) in [4.78, 5) is 0. The second-order valence-electron chi connectivity index (χ2n) is 5.87. The molecule has 0 atom stereocenters. The largest absolute Gasteiger partial charge is 0.412 e. The van der Waals surface area contributed by atoms with Crippen molar-refractivity contribution in [3.63, 3.8) is 0 Å². The Labute approximate surface area is 114 Å². The van der Waals surface area contributed by atoms with Crippen LogP contribution in [0.25, 0.3) is 0 Å². The third kappa shape index (κ3) is 6.62. The molecule has 19 heavy (non-hydrogen) atoms. The number of alkyl halides is 3. The maximum atomic E-state index is 12.9. The van der Waals surface area contributed by atoms with Gasteiger partial charge in [-0.05, 0) is 24.8 Å². The molecule has 0 nitrogen and oxygen atoms in total. The lowest BCUT2D eigenvalue weighted by molar-refractivity contribution is -0.0940. The third-order valence-corrected chi connectivity index (χ3v) is 3.94. The van der Waals surface area contributed by atoms with Crippen LogP contribution in [0.3, 0.4) is 0 Å². The number of halogens is 3. The van der Waals surface area contributed by atoms with Gasteiger partial charge in [-0.2, -0.15) is 13.2 Å². The summed E-state index contributed by atoms with van der Waals surface area (Å²) in [6.07, 6.45) is -2.83. The summed E-state index contributed by atoms with van der Waals surface area (Å²) in [6, 6.07) is 9.65. The minimum Gasteiger partial charge on any atom is -0.167 e. The lowest BCUT2D eigenvalue weighted by Gasteiger charge is -2.17. The lowest BCUT2D eigenvalue weighted by atomic mass is 10.0. The normalized spacial score (nSPS) is 13.7. The molecule has 0 aliphatic heterocycles. The van der Waals surface area contributed by atoms with Crippen LogP contribution in [0, 0.1) is 0 Å². The Balaban J connectivity index is 2.63. The molecule has 0 heterocycles. The number of hydrogen-bond acceptors (Lipinski definition) is 0. The van der Waals surface area contributed by atoms with E-state index in [4.69, 9.17) is 0 Å². The molecular formula is C15H21F3Si. The number of allylic oxidation sites excluding steroid dienone is 1. The summed E-state index contributed by atoms with van der Waals surface area (Å²) in [5, 5.41) is 0. The first-order chi connectivity index (χ1) is 8.68. The zero-order chi connectivity index (χ0) is 14.5. The standard InChI is InChI=1S/C15H21F3Si/c1-19(2,3)12-14(15(16,17)18)11-7-10-13-8-5-4-6-9-13/h4-6,8-9,12H,7,10-11H2,1-3H3/b14-12+. The highest BCUT2D eigenvalue weighted by Crippen LogP contribution is 2.31. The van der Waals surface area contributed by atoms with Crippen LogP contribution in [0.1, 0.15) is 18.4 Å². The Morgan fingerprint density at radius 1 is 1.11 bits per heavy atom. The highest BCUT2D eigenvalue weighted by atomic mass is 28.3. The molecule has 106 valence electrons. The SMILES string of the molecule is C[Si](C)(C)/C=C(\CCCc1ccccc1)C(F)(F)F. The Morgan fingerprint density at radius 3 is 2.16 bits per heavy atom. The smallest absolute Gasteiger partial charge is 0.167 e. The van der Waals surface area contributed by atoms with Gasteiger partial charge in [0, 0.05) is 5.57 Å². The molecule has 0 N–H and O–H groups in total. The first-order valence-electron chi connectivity index (χ1n) is 6.51. The average molecular weight is 286 g/mol. The van der Waals surface area contributed by atoms with E-state index in [1.807, 2.05) is 50.0 Å². The maximum absolute atomic E-state index is 12.9. The summed E-state index contributed by atoms with van der Waals surface area (Å²) < 4.78 is 38.8. The number of hydrogen-bond donors (Lipinski definition) is 0. The molecule has 0 saturated carbocycles. The summed E-state index contributed by atoms with van der Waals surface area (Å²) in [5.41, 5.74) is 2.23. The number of aryl methyl sites for hydroxylation is 1. The molecule has 0 fully saturated rings. The van der Waals surface area contributed by atoms with Crippen molar-refractivity contribution in [3.8, 4) is 0 Å². The topological polar surface area (TPSA) is 0 Å². The zero-order valence-electron chi connectivity index (χ0n) is 11.7. The van der Waals surface area contributed by atoms with Crippen LogP contribution < -0.4 is 0 Å². The first-order valence-corrected chi connectivity index (χ1v) is 10.1. The predicted octanol–water partition coefficient (Wildman–Crippen LogP) is 5.38. The fourth-order valence-corrected chi connectivity index (χ4v) is 3.30. The van der Waals surface area contributed by atoms with Gasteiger partial charge in [0.05, 0.1) is 8.07 Å². The molecule has 0 aliphatic rings. The van der Waals surface area contributed by atoms with Gasteiger partial charge in [0.15, 0.2) is 0 Å². The highest BCUT2D eigenvalue weighted by molar-refractivity contribution is 6.81. The summed E-state index contributed by atoms with van der Waals surface area (Å²) in [7, 11) is -1.84. The van der Waals surface area contributed by atoms with Gasteiger partial charge in [-0.25, -0.2) is 0 Å². The van der Waals surface area contributed by atoms with Crippen molar-refractivity contribution in [3.05, 3.63) is 47.2 Å². The molecule has 1 rings (SSSR count). The van der Waals surface area contributed by atoms with E-state index in [2.05, 4.69) is 0 Å². The molecule has 1 aromatic rings. The molecular weight excluding hydrogens is 265 g/mol. The van der Waals surface area contributed by atoms with Crippen molar-refractivity contribution in [2.45, 2.75) is 45.1 Å². The Morgan fingerprint density at radius 2 is 1.68 bits per heavy atom. The Kier molecular flexibility index (Phi) is 5.41. The predicted molar refractivity (Wildman–Crippen MR) is 76.9 cm³/mol. The molecule has 0 aliphatic carbocycles. The van der Waals surface area contributed by atoms with E-state index in [0.717, 1.165) is 5.56 Å². The van der Waals surface area contributed by atoms with Crippen molar-refractivity contribution >= 4 is 8.07 Å². The quantitative estimate of drug-likeness (QED) is 0.638. The molecule has 0 saturated heterocycles. The fourth-order valence-electron chi connectivity index (χ4n) is 1.95. The van der Waals surface area contributed by atoms with Crippen molar-refractivity contribution < 1.29 is 13.2 Å². The first kappa shape index (κ1) is 16.0. The molecule has 4 heteroatoms. The second kappa shape index (κ2) is 6.42. The zero-order valence-corrected chi connectivity index (χ0v) is 12.7. The van der Waals surface area contributed by atoms with Crippen LogP contribution in [0.5, 0.6) is 0 Å². The average Bonchev–Trinajstić information content (AvgIpc) is 2.26. The van der Waals surface area contributed by atoms with Crippen LogP contribution in [-0.2, 0) is 6.42 Å². The minimum absolute atomic E-state index is 0.114. The van der Waals surface area contributed by atoms with Gasteiger partial charge < -0.3 is 0 Å². The van der Waals surface area contributed by atoms with Crippen molar-refractivity contribution in [1.29, 1.82) is 0 Å². The fraction of sp³-hybridized carbons (Fsp3) is 0.467. The van der Waals surface area contributed by atoms with Gasteiger partial charge >= 0.3 is 6.18 Å². The van der Waals surface area contributed by atoms with Gasteiger partial charge in [0.2, 0.25) is 0 Å². The van der Waals surface area contributed by atoms with Crippen LogP contribution >= 0.6 is 0 Å². The lowest BCUT2D eigenvalue weighted by Crippen LogP contribution is -2.22.